The number of hydrogen-bond acceptors (Lipinski definition) is 3. The summed E-state index contributed by atoms with van der Waals surface area (Å²) in [6.07, 6.45) is 5.57. The molecule has 1 saturated carbocycles. The second kappa shape index (κ2) is 10.8. The topological polar surface area (TPSA) is 49.9 Å². The van der Waals surface area contributed by atoms with Gasteiger partial charge in [-0.1, -0.05) is 51.5 Å². The number of carbonyl (C=O) groups is 2. The Labute approximate surface area is 210 Å². The number of hydrogen-bond donors (Lipinski definition) is 0. The van der Waals surface area contributed by atoms with Crippen molar-refractivity contribution in [3.05, 3.63) is 65.2 Å². The highest BCUT2D eigenvalue weighted by molar-refractivity contribution is 5.97. The summed E-state index contributed by atoms with van der Waals surface area (Å²) in [5.41, 5.74) is 2.63. The summed E-state index contributed by atoms with van der Waals surface area (Å²) < 4.78 is 6.57. The van der Waals surface area contributed by atoms with Crippen molar-refractivity contribution in [2.24, 2.45) is 0 Å². The minimum absolute atomic E-state index is 0.00315. The first-order valence-electron chi connectivity index (χ1n) is 13.3. The van der Waals surface area contributed by atoms with E-state index >= 15 is 0 Å². The fraction of sp³-hybridized carbons (Fsp3) is 0.533. The molecule has 0 bridgehead atoms. The van der Waals surface area contributed by atoms with Crippen molar-refractivity contribution < 1.29 is 14.3 Å². The van der Waals surface area contributed by atoms with E-state index in [-0.39, 0.29) is 29.4 Å². The van der Waals surface area contributed by atoms with Gasteiger partial charge in [0.2, 0.25) is 0 Å². The minimum Gasteiger partial charge on any atom is -0.487 e. The average Bonchev–Trinajstić information content (AvgIpc) is 2.85. The highest BCUT2D eigenvalue weighted by Gasteiger charge is 2.36. The lowest BCUT2D eigenvalue weighted by molar-refractivity contribution is 0.0259. The van der Waals surface area contributed by atoms with E-state index < -0.39 is 0 Å². The number of fused-ring (bicyclic) bond motifs is 2. The van der Waals surface area contributed by atoms with Crippen LogP contribution in [-0.4, -0.2) is 53.4 Å². The molecule has 0 aromatic heterocycles. The fourth-order valence-corrected chi connectivity index (χ4v) is 5.34. The predicted octanol–water partition coefficient (Wildman–Crippen LogP) is 6.07. The molecule has 188 valence electrons. The quantitative estimate of drug-likeness (QED) is 0.528. The lowest BCUT2D eigenvalue weighted by atomic mass is 9.86. The Morgan fingerprint density at radius 3 is 2.34 bits per heavy atom. The highest BCUT2D eigenvalue weighted by Crippen LogP contribution is 2.32. The minimum atomic E-state index is -0.120. The van der Waals surface area contributed by atoms with Crippen molar-refractivity contribution >= 4 is 11.8 Å². The van der Waals surface area contributed by atoms with E-state index in [1.54, 1.807) is 0 Å². The molecule has 1 heterocycles. The maximum absolute atomic E-state index is 13.9. The Morgan fingerprint density at radius 2 is 1.63 bits per heavy atom. The van der Waals surface area contributed by atoms with Crippen LogP contribution in [0.4, 0.5) is 0 Å². The van der Waals surface area contributed by atoms with Crippen LogP contribution in [0.15, 0.2) is 48.5 Å². The zero-order valence-electron chi connectivity index (χ0n) is 21.8. The average molecular weight is 477 g/mol. The standard InChI is InChI=1S/C30H40N2O3/c1-5-31-20-10-11-21-32(28(33)22-16-18-23(19-17-22)30(2,3)4)25-13-7-9-15-27(25)35-26-14-8-6-12-24(26)29(31)34/h6,8,12,14,16-19,25,27H,5,7,9-11,13,15,20-21H2,1-4H3/t25-,27+/m1/s1. The number of carbonyl (C=O) groups excluding carboxylic acids is 2. The molecule has 0 saturated heterocycles. The predicted molar refractivity (Wildman–Crippen MR) is 140 cm³/mol. The Balaban J connectivity index is 1.67. The van der Waals surface area contributed by atoms with Gasteiger partial charge in [0.25, 0.3) is 11.8 Å². The Kier molecular flexibility index (Phi) is 7.83. The van der Waals surface area contributed by atoms with Gasteiger partial charge in [-0.25, -0.2) is 0 Å². The molecule has 35 heavy (non-hydrogen) atoms. The first-order valence-corrected chi connectivity index (χ1v) is 13.3. The molecule has 2 aromatic carbocycles. The van der Waals surface area contributed by atoms with E-state index in [0.717, 1.165) is 44.1 Å². The van der Waals surface area contributed by atoms with E-state index in [0.29, 0.717) is 30.9 Å². The number of rotatable bonds is 2. The zero-order valence-corrected chi connectivity index (χ0v) is 21.8. The second-order valence-corrected chi connectivity index (χ2v) is 10.9. The van der Waals surface area contributed by atoms with Crippen molar-refractivity contribution in [1.29, 1.82) is 0 Å². The van der Waals surface area contributed by atoms with Crippen molar-refractivity contribution in [2.45, 2.75) is 83.8 Å². The first kappa shape index (κ1) is 25.3. The van der Waals surface area contributed by atoms with Gasteiger partial charge in [-0.3, -0.25) is 9.59 Å². The van der Waals surface area contributed by atoms with E-state index in [1.165, 1.54) is 5.56 Å². The molecule has 1 aliphatic carbocycles. The van der Waals surface area contributed by atoms with Gasteiger partial charge in [-0.05, 0) is 74.3 Å². The molecule has 2 amide bonds. The number of benzene rings is 2. The Morgan fingerprint density at radius 1 is 0.943 bits per heavy atom. The summed E-state index contributed by atoms with van der Waals surface area (Å²) in [5, 5.41) is 0. The van der Waals surface area contributed by atoms with Gasteiger partial charge >= 0.3 is 0 Å². The molecule has 0 radical (unpaired) electrons. The Hall–Kier alpha value is -2.82. The molecule has 4 rings (SSSR count). The van der Waals surface area contributed by atoms with Gasteiger partial charge in [0, 0.05) is 25.2 Å². The zero-order chi connectivity index (χ0) is 25.0. The second-order valence-electron chi connectivity index (χ2n) is 10.9. The third-order valence-electron chi connectivity index (χ3n) is 7.47. The van der Waals surface area contributed by atoms with Gasteiger partial charge < -0.3 is 14.5 Å². The normalized spacial score (nSPS) is 21.8. The summed E-state index contributed by atoms with van der Waals surface area (Å²) in [5.74, 6) is 0.748. The lowest BCUT2D eigenvalue weighted by Gasteiger charge is -2.40. The molecule has 0 spiro atoms. The fourth-order valence-electron chi connectivity index (χ4n) is 5.34. The van der Waals surface area contributed by atoms with Crippen LogP contribution in [0.5, 0.6) is 5.75 Å². The molecule has 2 aliphatic rings. The van der Waals surface area contributed by atoms with E-state index in [1.807, 2.05) is 48.2 Å². The molecule has 5 nitrogen and oxygen atoms in total. The van der Waals surface area contributed by atoms with Crippen LogP contribution in [-0.2, 0) is 5.41 Å². The molecule has 2 aromatic rings. The van der Waals surface area contributed by atoms with Crippen LogP contribution >= 0.6 is 0 Å². The van der Waals surface area contributed by atoms with Crippen molar-refractivity contribution in [3.8, 4) is 5.75 Å². The summed E-state index contributed by atoms with van der Waals surface area (Å²) in [6.45, 7) is 10.6. The summed E-state index contributed by atoms with van der Waals surface area (Å²) in [7, 11) is 0. The van der Waals surface area contributed by atoms with Gasteiger partial charge in [-0.2, -0.15) is 0 Å². The van der Waals surface area contributed by atoms with Gasteiger partial charge in [0.1, 0.15) is 11.9 Å². The van der Waals surface area contributed by atoms with Gasteiger partial charge in [0.05, 0.1) is 11.6 Å². The molecule has 2 atom stereocenters. The maximum Gasteiger partial charge on any atom is 0.257 e. The van der Waals surface area contributed by atoms with Crippen molar-refractivity contribution in [3.63, 3.8) is 0 Å². The van der Waals surface area contributed by atoms with Crippen molar-refractivity contribution in [2.75, 3.05) is 19.6 Å². The number of para-hydroxylation sites is 1. The van der Waals surface area contributed by atoms with Crippen LogP contribution in [0, 0.1) is 0 Å². The van der Waals surface area contributed by atoms with Crippen LogP contribution in [0.3, 0.4) is 0 Å². The number of ether oxygens (including phenoxy) is 1. The monoisotopic (exact) mass is 476 g/mol. The summed E-state index contributed by atoms with van der Waals surface area (Å²) >= 11 is 0. The van der Waals surface area contributed by atoms with Crippen LogP contribution < -0.4 is 4.74 Å². The van der Waals surface area contributed by atoms with Crippen LogP contribution in [0.2, 0.25) is 0 Å². The largest absolute Gasteiger partial charge is 0.487 e. The molecule has 1 fully saturated rings. The van der Waals surface area contributed by atoms with E-state index in [2.05, 4.69) is 37.8 Å². The smallest absolute Gasteiger partial charge is 0.257 e. The van der Waals surface area contributed by atoms with E-state index in [4.69, 9.17) is 4.74 Å². The van der Waals surface area contributed by atoms with Gasteiger partial charge in [0.15, 0.2) is 0 Å². The van der Waals surface area contributed by atoms with Crippen LogP contribution in [0.1, 0.15) is 92.5 Å². The third kappa shape index (κ3) is 5.71. The SMILES string of the molecule is CCN1CCCCN(C(=O)c2ccc(C(C)(C)C)cc2)[C@@H]2CCCC[C@@H]2Oc2ccccc2C1=O. The van der Waals surface area contributed by atoms with E-state index in [9.17, 15) is 9.59 Å². The molecular formula is C30H40N2O3. The molecular weight excluding hydrogens is 436 g/mol. The number of nitrogens with zero attached hydrogens (tertiary/aromatic N) is 2. The lowest BCUT2D eigenvalue weighted by Crippen LogP contribution is -2.51. The molecule has 0 unspecified atom stereocenters. The van der Waals surface area contributed by atoms with Gasteiger partial charge in [-0.15, -0.1) is 0 Å². The summed E-state index contributed by atoms with van der Waals surface area (Å²) in [4.78, 5) is 31.1. The van der Waals surface area contributed by atoms with Crippen LogP contribution in [0.25, 0.3) is 0 Å². The first-order chi connectivity index (χ1) is 16.8. The third-order valence-corrected chi connectivity index (χ3v) is 7.47. The highest BCUT2D eigenvalue weighted by atomic mass is 16.5. The summed E-state index contributed by atoms with van der Waals surface area (Å²) in [6, 6.07) is 15.7. The van der Waals surface area contributed by atoms with Crippen molar-refractivity contribution in [1.82, 2.24) is 9.80 Å². The Bertz CT molecular complexity index is 1020. The number of amides is 2. The maximum atomic E-state index is 13.9. The molecule has 1 aliphatic heterocycles. The molecule has 5 heteroatoms. The molecule has 0 N–H and O–H groups in total.